The van der Waals surface area contributed by atoms with Gasteiger partial charge in [0.05, 0.1) is 0 Å². The van der Waals surface area contributed by atoms with Crippen LogP contribution in [0.15, 0.2) is 24.3 Å². The second kappa shape index (κ2) is 4.34. The van der Waals surface area contributed by atoms with Crippen molar-refractivity contribution in [1.82, 2.24) is 0 Å². The lowest BCUT2D eigenvalue weighted by molar-refractivity contribution is -0.127. The minimum Gasteiger partial charge on any atom is -0.299 e. The minimum atomic E-state index is 0.0117. The van der Waals surface area contributed by atoms with Crippen LogP contribution in [0.4, 0.5) is 0 Å². The molecule has 0 spiro atoms. The van der Waals surface area contributed by atoms with Crippen molar-refractivity contribution in [2.45, 2.75) is 40.5 Å². The van der Waals surface area contributed by atoms with E-state index in [9.17, 15) is 4.79 Å². The summed E-state index contributed by atoms with van der Waals surface area (Å²) in [4.78, 5) is 12.1. The van der Waals surface area contributed by atoms with Gasteiger partial charge in [-0.1, -0.05) is 38.5 Å². The number of carbonyl (C=O) groups excluding carboxylic acids is 1. The van der Waals surface area contributed by atoms with E-state index in [4.69, 9.17) is 0 Å². The first-order chi connectivity index (χ1) is 6.91. The van der Waals surface area contributed by atoms with Crippen LogP contribution < -0.4 is 0 Å². The zero-order valence-electron chi connectivity index (χ0n) is 10.3. The van der Waals surface area contributed by atoms with Gasteiger partial charge in [0, 0.05) is 12.3 Å². The number of allylic oxidation sites excluding steroid dienone is 3. The molecule has 0 radical (unpaired) electrons. The fourth-order valence-electron chi connectivity index (χ4n) is 2.71. The van der Waals surface area contributed by atoms with Gasteiger partial charge in [0.25, 0.3) is 0 Å². The summed E-state index contributed by atoms with van der Waals surface area (Å²) in [6.45, 7) is 12.3. The summed E-state index contributed by atoms with van der Waals surface area (Å²) < 4.78 is 0. The highest BCUT2D eigenvalue weighted by Crippen LogP contribution is 2.45. The summed E-state index contributed by atoms with van der Waals surface area (Å²) in [5.41, 5.74) is 1.36. The Morgan fingerprint density at radius 1 is 1.67 bits per heavy atom. The van der Waals surface area contributed by atoms with Crippen LogP contribution in [0.25, 0.3) is 0 Å². The molecule has 1 heteroatoms. The molecule has 0 aromatic carbocycles. The highest BCUT2D eigenvalue weighted by molar-refractivity contribution is 5.84. The number of Topliss-reactive ketones (excluding diaryl/α,β-unsaturated/α-hetero) is 1. The predicted molar refractivity (Wildman–Crippen MR) is 64.6 cm³/mol. The van der Waals surface area contributed by atoms with E-state index in [-0.39, 0.29) is 11.3 Å². The molecule has 0 heterocycles. The number of hydrogen-bond donors (Lipinski definition) is 0. The molecular weight excluding hydrogens is 184 g/mol. The van der Waals surface area contributed by atoms with Gasteiger partial charge in [-0.2, -0.15) is 0 Å². The van der Waals surface area contributed by atoms with Crippen molar-refractivity contribution in [3.05, 3.63) is 24.3 Å². The molecule has 0 bridgehead atoms. The molecular formula is C14H22O. The number of hydrogen-bond acceptors (Lipinski definition) is 1. The summed E-state index contributed by atoms with van der Waals surface area (Å²) in [5, 5.41) is 0. The van der Waals surface area contributed by atoms with E-state index in [0.29, 0.717) is 18.1 Å². The summed E-state index contributed by atoms with van der Waals surface area (Å²) in [5.74, 6) is 0.951. The van der Waals surface area contributed by atoms with Gasteiger partial charge in [0.2, 0.25) is 0 Å². The molecule has 0 fully saturated rings. The Bertz CT molecular complexity index is 296. The van der Waals surface area contributed by atoms with Crippen LogP contribution in [0, 0.1) is 17.3 Å². The first-order valence-corrected chi connectivity index (χ1v) is 5.72. The van der Waals surface area contributed by atoms with Crippen LogP contribution in [-0.4, -0.2) is 5.78 Å². The van der Waals surface area contributed by atoms with E-state index >= 15 is 0 Å². The van der Waals surface area contributed by atoms with E-state index < -0.39 is 0 Å². The number of ketones is 1. The van der Waals surface area contributed by atoms with Gasteiger partial charge in [0.1, 0.15) is 5.78 Å². The average molecular weight is 206 g/mol. The topological polar surface area (TPSA) is 17.1 Å². The van der Waals surface area contributed by atoms with E-state index in [1.54, 1.807) is 6.08 Å². The van der Waals surface area contributed by atoms with Crippen molar-refractivity contribution in [3.63, 3.8) is 0 Å². The molecule has 84 valence electrons. The van der Waals surface area contributed by atoms with Gasteiger partial charge in [-0.25, -0.2) is 0 Å². The lowest BCUT2D eigenvalue weighted by Gasteiger charge is -2.41. The lowest BCUT2D eigenvalue weighted by atomic mass is 9.62. The van der Waals surface area contributed by atoms with Crippen LogP contribution in [0.1, 0.15) is 40.5 Å². The third kappa shape index (κ3) is 2.22. The minimum absolute atomic E-state index is 0.0117. The Balaban J connectivity index is 2.99. The second-order valence-corrected chi connectivity index (χ2v) is 5.26. The molecule has 0 amide bonds. The molecule has 0 saturated heterocycles. The standard InChI is InChI=1S/C14H22O/c1-6-7-12(15)13-10(2)8-9-11(3)14(13,4)5/h6,9-10,13H,1,7-8H2,2-5H3/t10-,13+/m1/s1. The average Bonchev–Trinajstić information content (AvgIpc) is 2.12. The smallest absolute Gasteiger partial charge is 0.140 e. The van der Waals surface area contributed by atoms with Crippen LogP contribution in [0.5, 0.6) is 0 Å². The van der Waals surface area contributed by atoms with Gasteiger partial charge in [-0.3, -0.25) is 4.79 Å². The van der Waals surface area contributed by atoms with Crippen molar-refractivity contribution in [3.8, 4) is 0 Å². The van der Waals surface area contributed by atoms with Crippen molar-refractivity contribution in [2.75, 3.05) is 0 Å². The monoisotopic (exact) mass is 206 g/mol. The first-order valence-electron chi connectivity index (χ1n) is 5.72. The van der Waals surface area contributed by atoms with E-state index in [1.165, 1.54) is 5.57 Å². The first kappa shape index (κ1) is 12.2. The molecule has 1 nitrogen and oxygen atoms in total. The Morgan fingerprint density at radius 3 is 2.80 bits per heavy atom. The third-order valence-electron chi connectivity index (χ3n) is 3.85. The molecule has 0 N–H and O–H groups in total. The maximum atomic E-state index is 12.1. The molecule has 1 aliphatic carbocycles. The van der Waals surface area contributed by atoms with E-state index in [2.05, 4.69) is 40.3 Å². The van der Waals surface area contributed by atoms with Crippen LogP contribution in [0.2, 0.25) is 0 Å². The predicted octanol–water partition coefficient (Wildman–Crippen LogP) is 3.76. The van der Waals surface area contributed by atoms with Gasteiger partial charge in [0.15, 0.2) is 0 Å². The molecule has 0 saturated carbocycles. The maximum absolute atomic E-state index is 12.1. The quantitative estimate of drug-likeness (QED) is 0.643. The van der Waals surface area contributed by atoms with Gasteiger partial charge >= 0.3 is 0 Å². The zero-order chi connectivity index (χ0) is 11.6. The van der Waals surface area contributed by atoms with Crippen LogP contribution >= 0.6 is 0 Å². The summed E-state index contributed by atoms with van der Waals surface area (Å²) in [6, 6.07) is 0. The van der Waals surface area contributed by atoms with Crippen molar-refractivity contribution in [1.29, 1.82) is 0 Å². The fraction of sp³-hybridized carbons (Fsp3) is 0.643. The second-order valence-electron chi connectivity index (χ2n) is 5.26. The highest BCUT2D eigenvalue weighted by atomic mass is 16.1. The van der Waals surface area contributed by atoms with Crippen LogP contribution in [-0.2, 0) is 4.79 Å². The zero-order valence-corrected chi connectivity index (χ0v) is 10.3. The van der Waals surface area contributed by atoms with Gasteiger partial charge in [-0.15, -0.1) is 6.58 Å². The third-order valence-corrected chi connectivity index (χ3v) is 3.85. The van der Waals surface area contributed by atoms with E-state index in [1.807, 2.05) is 0 Å². The Hall–Kier alpha value is -0.850. The molecule has 15 heavy (non-hydrogen) atoms. The lowest BCUT2D eigenvalue weighted by Crippen LogP contribution is -2.39. The fourth-order valence-corrected chi connectivity index (χ4v) is 2.71. The van der Waals surface area contributed by atoms with Crippen molar-refractivity contribution >= 4 is 5.78 Å². The molecule has 1 rings (SSSR count). The van der Waals surface area contributed by atoms with Crippen LogP contribution in [0.3, 0.4) is 0 Å². The van der Waals surface area contributed by atoms with Crippen molar-refractivity contribution in [2.24, 2.45) is 17.3 Å². The maximum Gasteiger partial charge on any atom is 0.140 e. The molecule has 0 unspecified atom stereocenters. The number of carbonyl (C=O) groups is 1. The Morgan fingerprint density at radius 2 is 2.27 bits per heavy atom. The molecule has 1 aliphatic rings. The molecule has 0 aliphatic heterocycles. The van der Waals surface area contributed by atoms with Gasteiger partial charge < -0.3 is 0 Å². The highest BCUT2D eigenvalue weighted by Gasteiger charge is 2.41. The SMILES string of the molecule is C=CCC(=O)[C@@H]1[C@H](C)CC=C(C)C1(C)C. The normalized spacial score (nSPS) is 29.5. The Kier molecular flexibility index (Phi) is 3.54. The largest absolute Gasteiger partial charge is 0.299 e. The van der Waals surface area contributed by atoms with Gasteiger partial charge in [-0.05, 0) is 24.7 Å². The molecule has 0 aromatic rings. The summed E-state index contributed by atoms with van der Waals surface area (Å²) >= 11 is 0. The van der Waals surface area contributed by atoms with E-state index in [0.717, 1.165) is 6.42 Å². The number of rotatable bonds is 3. The summed E-state index contributed by atoms with van der Waals surface area (Å²) in [7, 11) is 0. The van der Waals surface area contributed by atoms with Crippen molar-refractivity contribution < 1.29 is 4.79 Å². The Labute approximate surface area is 93.3 Å². The summed E-state index contributed by atoms with van der Waals surface area (Å²) in [6.07, 6.45) is 5.54. The molecule has 2 atom stereocenters. The molecule has 0 aromatic heterocycles.